The number of rotatable bonds is 7. The number of nitrogens with one attached hydrogen (secondary N) is 1. The lowest BCUT2D eigenvalue weighted by Gasteiger charge is -2.11. The average molecular weight is 1210 g/mol. The highest BCUT2D eigenvalue weighted by Crippen LogP contribution is 2.42. The molecular formula is C78H49BrN8O2. The summed E-state index contributed by atoms with van der Waals surface area (Å²) in [5.41, 5.74) is 14.9. The van der Waals surface area contributed by atoms with E-state index in [0.717, 1.165) is 109 Å². The lowest BCUT2D eigenvalue weighted by Crippen LogP contribution is -2.01. The summed E-state index contributed by atoms with van der Waals surface area (Å²) < 4.78 is 15.9. The Morgan fingerprint density at radius 2 is 0.685 bits per heavy atom. The molecule has 18 aromatic rings. The maximum absolute atomic E-state index is 6.49. The highest BCUT2D eigenvalue weighted by molar-refractivity contribution is 9.10. The number of benzene rings is 12. The molecule has 0 spiro atoms. The SMILES string of the molecule is Brc1cccc(-c2nc(-c3ccccc3)nc(-c3ccccc3)n2)c1.c1ccc(-c2nc(-c3ccccc3)nc(-c3cccc(-n4c5ccccc5c5c6oc7ccccc7c6ccc54)c3)n2)cc1.c1ccc2c(c1)[nH]c1ccc3c4ccccc4oc3c12. The van der Waals surface area contributed by atoms with Crippen LogP contribution in [-0.4, -0.2) is 39.5 Å². The van der Waals surface area contributed by atoms with Crippen LogP contribution in [0.25, 0.3) is 162 Å². The van der Waals surface area contributed by atoms with Gasteiger partial charge in [-0.15, -0.1) is 0 Å². The van der Waals surface area contributed by atoms with Gasteiger partial charge in [0, 0.05) is 81.4 Å². The molecule has 0 amide bonds. The summed E-state index contributed by atoms with van der Waals surface area (Å²) in [6.45, 7) is 0. The van der Waals surface area contributed by atoms with Gasteiger partial charge in [-0.25, -0.2) is 29.9 Å². The second-order valence-corrected chi connectivity index (χ2v) is 22.5. The average Bonchev–Trinajstić information content (AvgIpc) is 1.72. The van der Waals surface area contributed by atoms with Crippen molar-refractivity contribution >= 4 is 103 Å². The summed E-state index contributed by atoms with van der Waals surface area (Å²) in [5, 5.41) is 9.25. The highest BCUT2D eigenvalue weighted by atomic mass is 79.9. The molecule has 420 valence electrons. The van der Waals surface area contributed by atoms with E-state index in [2.05, 4.69) is 146 Å². The second-order valence-electron chi connectivity index (χ2n) is 21.6. The second kappa shape index (κ2) is 22.6. The fourth-order valence-electron chi connectivity index (χ4n) is 11.9. The molecule has 0 fully saturated rings. The molecule has 0 saturated carbocycles. The fourth-order valence-corrected chi connectivity index (χ4v) is 12.3. The largest absolute Gasteiger partial charge is 0.455 e. The van der Waals surface area contributed by atoms with Gasteiger partial charge in [0.15, 0.2) is 34.9 Å². The zero-order valence-electron chi connectivity index (χ0n) is 47.5. The maximum Gasteiger partial charge on any atom is 0.164 e. The Bertz CT molecular complexity index is 5530. The van der Waals surface area contributed by atoms with Gasteiger partial charge in [-0.3, -0.25) is 0 Å². The van der Waals surface area contributed by atoms with Crippen molar-refractivity contribution in [3.63, 3.8) is 0 Å². The quantitative estimate of drug-likeness (QED) is 0.167. The molecule has 0 bridgehead atoms. The van der Waals surface area contributed by atoms with Crippen molar-refractivity contribution in [3.05, 3.63) is 296 Å². The monoisotopic (exact) mass is 1210 g/mol. The molecule has 89 heavy (non-hydrogen) atoms. The highest BCUT2D eigenvalue weighted by Gasteiger charge is 2.21. The van der Waals surface area contributed by atoms with Crippen LogP contribution >= 0.6 is 15.9 Å². The van der Waals surface area contributed by atoms with E-state index in [4.69, 9.17) is 33.8 Å². The van der Waals surface area contributed by atoms with Crippen LogP contribution < -0.4 is 0 Å². The molecule has 10 nitrogen and oxygen atoms in total. The van der Waals surface area contributed by atoms with Gasteiger partial charge in [-0.2, -0.15) is 0 Å². The number of fused-ring (bicyclic) bond motifs is 14. The molecule has 6 heterocycles. The van der Waals surface area contributed by atoms with E-state index >= 15 is 0 Å². The van der Waals surface area contributed by atoms with E-state index < -0.39 is 0 Å². The predicted octanol–water partition coefficient (Wildman–Crippen LogP) is 20.7. The number of nitrogens with zero attached hydrogens (tertiary/aromatic N) is 7. The zero-order valence-corrected chi connectivity index (χ0v) is 49.1. The lowest BCUT2D eigenvalue weighted by atomic mass is 10.1. The maximum atomic E-state index is 6.49. The minimum absolute atomic E-state index is 0.625. The molecule has 1 N–H and O–H groups in total. The van der Waals surface area contributed by atoms with Gasteiger partial charge in [-0.1, -0.05) is 234 Å². The molecule has 0 aliphatic carbocycles. The minimum Gasteiger partial charge on any atom is -0.455 e. The van der Waals surface area contributed by atoms with Crippen molar-refractivity contribution in [2.45, 2.75) is 0 Å². The topological polar surface area (TPSA) is 124 Å². The van der Waals surface area contributed by atoms with Gasteiger partial charge < -0.3 is 18.4 Å². The number of hydrogen-bond donors (Lipinski definition) is 1. The molecule has 11 heteroatoms. The molecule has 0 saturated heterocycles. The van der Waals surface area contributed by atoms with Crippen molar-refractivity contribution < 1.29 is 8.83 Å². The Labute approximate surface area is 518 Å². The van der Waals surface area contributed by atoms with Crippen LogP contribution in [0.15, 0.2) is 304 Å². The number of aromatic amines is 1. The Morgan fingerprint density at radius 3 is 1.21 bits per heavy atom. The molecule has 12 aromatic carbocycles. The number of H-pyrrole nitrogens is 1. The van der Waals surface area contributed by atoms with Crippen molar-refractivity contribution in [1.29, 1.82) is 0 Å². The number of para-hydroxylation sites is 4. The van der Waals surface area contributed by atoms with Crippen molar-refractivity contribution in [2.75, 3.05) is 0 Å². The molecule has 0 aliphatic rings. The zero-order chi connectivity index (χ0) is 59.2. The fraction of sp³-hybridized carbons (Fsp3) is 0. The van der Waals surface area contributed by atoms with Crippen LogP contribution in [0.2, 0.25) is 0 Å². The first-order valence-corrected chi connectivity index (χ1v) is 30.1. The Hall–Kier alpha value is -11.7. The van der Waals surface area contributed by atoms with Gasteiger partial charge in [-0.05, 0) is 72.8 Å². The summed E-state index contributed by atoms with van der Waals surface area (Å²) in [6.07, 6.45) is 0. The van der Waals surface area contributed by atoms with Gasteiger partial charge in [0.2, 0.25) is 0 Å². The van der Waals surface area contributed by atoms with Gasteiger partial charge in [0.1, 0.15) is 22.3 Å². The van der Waals surface area contributed by atoms with E-state index in [0.29, 0.717) is 34.9 Å². The number of hydrogen-bond acceptors (Lipinski definition) is 8. The Kier molecular flexibility index (Phi) is 13.4. The first-order valence-electron chi connectivity index (χ1n) is 29.3. The molecule has 0 atom stereocenters. The molecule has 0 aliphatic heterocycles. The smallest absolute Gasteiger partial charge is 0.164 e. The summed E-state index contributed by atoms with van der Waals surface area (Å²) >= 11 is 3.52. The van der Waals surface area contributed by atoms with Gasteiger partial charge >= 0.3 is 0 Å². The molecule has 6 aromatic heterocycles. The van der Waals surface area contributed by atoms with Crippen molar-refractivity contribution in [3.8, 4) is 74.0 Å². The third-order valence-electron chi connectivity index (χ3n) is 16.0. The summed E-state index contributed by atoms with van der Waals surface area (Å²) in [4.78, 5) is 32.3. The first kappa shape index (κ1) is 52.9. The molecular weight excluding hydrogens is 1160 g/mol. The first-order chi connectivity index (χ1) is 44.0. The molecule has 18 rings (SSSR count). The Balaban J connectivity index is 0.000000119. The van der Waals surface area contributed by atoms with Gasteiger partial charge in [0.25, 0.3) is 0 Å². The Morgan fingerprint density at radius 1 is 0.281 bits per heavy atom. The number of furan rings is 2. The van der Waals surface area contributed by atoms with Crippen LogP contribution in [0.4, 0.5) is 0 Å². The van der Waals surface area contributed by atoms with E-state index in [1.54, 1.807) is 0 Å². The van der Waals surface area contributed by atoms with Crippen LogP contribution in [-0.2, 0) is 0 Å². The van der Waals surface area contributed by atoms with E-state index in [-0.39, 0.29) is 0 Å². The van der Waals surface area contributed by atoms with E-state index in [9.17, 15) is 0 Å². The third kappa shape index (κ3) is 9.91. The lowest BCUT2D eigenvalue weighted by molar-refractivity contribution is 0.672. The van der Waals surface area contributed by atoms with E-state index in [1.807, 2.05) is 176 Å². The van der Waals surface area contributed by atoms with Crippen LogP contribution in [0.3, 0.4) is 0 Å². The van der Waals surface area contributed by atoms with Crippen molar-refractivity contribution in [1.82, 2.24) is 39.5 Å². The third-order valence-corrected chi connectivity index (χ3v) is 16.5. The summed E-state index contributed by atoms with van der Waals surface area (Å²) in [6, 6.07) is 98.4. The standard InChI is InChI=1S/C39H24N4O.C21H14BrN3.C18H11NO/c1-3-12-25(13-4-1)37-40-38(26-14-5-2-6-15-26)42-39(41-37)27-16-11-17-28(24-27)43-32-20-9-7-19-31(32)35-33(43)23-22-30-29-18-8-10-21-34(29)44-36(30)35;22-18-13-7-12-17(14-18)21-24-19(15-8-3-1-4-9-15)23-20(25-21)16-10-5-2-6-11-16;1-3-7-14-13(6-1)17-15(19-14)10-9-12-11-5-2-4-8-16(11)20-18(12)17/h1-24H;1-14H;1-10,19H. The van der Waals surface area contributed by atoms with Crippen LogP contribution in [0, 0.1) is 0 Å². The summed E-state index contributed by atoms with van der Waals surface area (Å²) in [7, 11) is 0. The number of halogens is 1. The normalized spacial score (nSPS) is 11.4. The molecule has 0 radical (unpaired) electrons. The predicted molar refractivity (Wildman–Crippen MR) is 365 cm³/mol. The minimum atomic E-state index is 0.625. The molecule has 0 unspecified atom stereocenters. The summed E-state index contributed by atoms with van der Waals surface area (Å²) in [5.74, 6) is 3.91. The van der Waals surface area contributed by atoms with Gasteiger partial charge in [0.05, 0.1) is 27.3 Å². The van der Waals surface area contributed by atoms with Crippen LogP contribution in [0.1, 0.15) is 0 Å². The van der Waals surface area contributed by atoms with Crippen LogP contribution in [0.5, 0.6) is 0 Å². The number of aromatic nitrogens is 8. The van der Waals surface area contributed by atoms with E-state index in [1.165, 1.54) is 21.5 Å². The van der Waals surface area contributed by atoms with Crippen molar-refractivity contribution in [2.24, 2.45) is 0 Å².